The van der Waals surface area contributed by atoms with Crippen LogP contribution in [0, 0.1) is 0 Å². The van der Waals surface area contributed by atoms with Gasteiger partial charge >= 0.3 is 0 Å². The first-order valence-electron chi connectivity index (χ1n) is 6.69. The van der Waals surface area contributed by atoms with Gasteiger partial charge in [0.25, 0.3) is 5.89 Å². The zero-order valence-electron chi connectivity index (χ0n) is 11.9. The highest BCUT2D eigenvalue weighted by molar-refractivity contribution is 8.06. The normalized spacial score (nSPS) is 22.2. The SMILES string of the molecule is COc1ccc(N)c(-c2nc(C3SCCSC3C)no2)c1. The van der Waals surface area contributed by atoms with Gasteiger partial charge in [0.05, 0.1) is 17.9 Å². The molecule has 5 nitrogen and oxygen atoms in total. The van der Waals surface area contributed by atoms with Crippen LogP contribution < -0.4 is 10.5 Å². The molecule has 0 amide bonds. The number of benzene rings is 1. The number of hydrogen-bond donors (Lipinski definition) is 1. The summed E-state index contributed by atoms with van der Waals surface area (Å²) >= 11 is 3.83. The highest BCUT2D eigenvalue weighted by Crippen LogP contribution is 2.42. The van der Waals surface area contributed by atoms with Crippen molar-refractivity contribution >= 4 is 29.2 Å². The number of methoxy groups -OCH3 is 1. The number of hydrogen-bond acceptors (Lipinski definition) is 7. The zero-order chi connectivity index (χ0) is 14.8. The number of nitrogens with zero attached hydrogens (tertiary/aromatic N) is 2. The molecule has 1 saturated heterocycles. The number of ether oxygens (including phenoxy) is 1. The van der Waals surface area contributed by atoms with E-state index in [1.165, 1.54) is 5.75 Å². The molecule has 2 heterocycles. The summed E-state index contributed by atoms with van der Waals surface area (Å²) in [5.74, 6) is 4.21. The summed E-state index contributed by atoms with van der Waals surface area (Å²) in [5.41, 5.74) is 7.32. The molecule has 2 unspecified atom stereocenters. The van der Waals surface area contributed by atoms with E-state index in [1.807, 2.05) is 35.7 Å². The lowest BCUT2D eigenvalue weighted by Crippen LogP contribution is -2.16. The van der Waals surface area contributed by atoms with Crippen LogP contribution in [0.5, 0.6) is 5.75 Å². The molecule has 1 aliphatic rings. The summed E-state index contributed by atoms with van der Waals surface area (Å²) in [6.45, 7) is 2.21. The Balaban J connectivity index is 1.91. The minimum atomic E-state index is 0.271. The van der Waals surface area contributed by atoms with Crippen LogP contribution in [-0.4, -0.2) is 34.0 Å². The molecule has 1 fully saturated rings. The van der Waals surface area contributed by atoms with E-state index >= 15 is 0 Å². The molecule has 1 aromatic heterocycles. The van der Waals surface area contributed by atoms with E-state index in [2.05, 4.69) is 17.1 Å². The largest absolute Gasteiger partial charge is 0.497 e. The summed E-state index contributed by atoms with van der Waals surface area (Å²) < 4.78 is 10.6. The van der Waals surface area contributed by atoms with Crippen molar-refractivity contribution in [3.05, 3.63) is 24.0 Å². The van der Waals surface area contributed by atoms with E-state index in [1.54, 1.807) is 13.2 Å². The molecule has 2 aromatic rings. The third-order valence-corrected chi connectivity index (χ3v) is 6.46. The van der Waals surface area contributed by atoms with E-state index in [-0.39, 0.29) is 5.25 Å². The average molecular weight is 323 g/mol. The first kappa shape index (κ1) is 14.6. The van der Waals surface area contributed by atoms with Gasteiger partial charge in [0.2, 0.25) is 0 Å². The second-order valence-corrected chi connectivity index (χ2v) is 7.51. The standard InChI is InChI=1S/C14H17N3O2S2/c1-8-12(21-6-5-20-8)13-16-14(19-17-13)10-7-9(18-2)3-4-11(10)15/h3-4,7-8,12H,5-6,15H2,1-2H3. The number of nitrogens with two attached hydrogens (primary N) is 1. The molecule has 0 saturated carbocycles. The van der Waals surface area contributed by atoms with Gasteiger partial charge in [0, 0.05) is 22.4 Å². The van der Waals surface area contributed by atoms with Gasteiger partial charge in [0.1, 0.15) is 5.75 Å². The number of aromatic nitrogens is 2. The molecule has 112 valence electrons. The maximum atomic E-state index is 6.00. The van der Waals surface area contributed by atoms with Crippen molar-refractivity contribution in [3.8, 4) is 17.2 Å². The third-order valence-electron chi connectivity index (χ3n) is 3.37. The molecule has 2 atom stereocenters. The lowest BCUT2D eigenvalue weighted by molar-refractivity contribution is 0.412. The molecule has 0 aliphatic carbocycles. The van der Waals surface area contributed by atoms with Crippen molar-refractivity contribution in [1.29, 1.82) is 0 Å². The molecule has 1 aromatic carbocycles. The van der Waals surface area contributed by atoms with E-state index in [9.17, 15) is 0 Å². The lowest BCUT2D eigenvalue weighted by Gasteiger charge is -2.24. The Hall–Kier alpha value is -1.34. The van der Waals surface area contributed by atoms with E-state index in [0.29, 0.717) is 22.4 Å². The van der Waals surface area contributed by atoms with Gasteiger partial charge < -0.3 is 15.0 Å². The van der Waals surface area contributed by atoms with Gasteiger partial charge in [-0.25, -0.2) is 0 Å². The molecule has 7 heteroatoms. The second kappa shape index (κ2) is 6.19. The lowest BCUT2D eigenvalue weighted by atomic mass is 10.1. The number of rotatable bonds is 3. The van der Waals surface area contributed by atoms with Crippen LogP contribution >= 0.6 is 23.5 Å². The van der Waals surface area contributed by atoms with Gasteiger partial charge in [-0.05, 0) is 18.2 Å². The predicted octanol–water partition coefficient (Wildman–Crippen LogP) is 3.24. The molecule has 3 rings (SSSR count). The molecule has 0 spiro atoms. The van der Waals surface area contributed by atoms with E-state index < -0.39 is 0 Å². The highest BCUT2D eigenvalue weighted by atomic mass is 32.2. The van der Waals surface area contributed by atoms with Crippen LogP contribution in [0.15, 0.2) is 22.7 Å². The van der Waals surface area contributed by atoms with Crippen LogP contribution in [0.25, 0.3) is 11.5 Å². The van der Waals surface area contributed by atoms with Crippen LogP contribution in [-0.2, 0) is 0 Å². The van der Waals surface area contributed by atoms with Crippen LogP contribution in [0.2, 0.25) is 0 Å². The number of nitrogen functional groups attached to an aromatic ring is 1. The Kier molecular flexibility index (Phi) is 4.30. The molecule has 0 radical (unpaired) electrons. The van der Waals surface area contributed by atoms with Gasteiger partial charge in [-0.2, -0.15) is 16.7 Å². The van der Waals surface area contributed by atoms with Crippen molar-refractivity contribution in [3.63, 3.8) is 0 Å². The summed E-state index contributed by atoms with van der Waals surface area (Å²) in [5, 5.41) is 4.90. The fourth-order valence-electron chi connectivity index (χ4n) is 2.22. The summed E-state index contributed by atoms with van der Waals surface area (Å²) in [4.78, 5) is 4.54. The van der Waals surface area contributed by atoms with Crippen molar-refractivity contribution in [2.45, 2.75) is 17.4 Å². The van der Waals surface area contributed by atoms with Gasteiger partial charge in [-0.1, -0.05) is 12.1 Å². The van der Waals surface area contributed by atoms with Gasteiger partial charge in [0.15, 0.2) is 5.82 Å². The average Bonchev–Trinajstić information content (AvgIpc) is 2.97. The Morgan fingerprint density at radius 3 is 2.90 bits per heavy atom. The Morgan fingerprint density at radius 2 is 2.14 bits per heavy atom. The Labute approximate surface area is 132 Å². The van der Waals surface area contributed by atoms with Crippen molar-refractivity contribution in [2.75, 3.05) is 24.3 Å². The van der Waals surface area contributed by atoms with E-state index in [4.69, 9.17) is 15.0 Å². The van der Waals surface area contributed by atoms with Crippen molar-refractivity contribution in [1.82, 2.24) is 10.1 Å². The smallest absolute Gasteiger partial charge is 0.260 e. The molecular formula is C14H17N3O2S2. The minimum absolute atomic E-state index is 0.271. The highest BCUT2D eigenvalue weighted by Gasteiger charge is 2.28. The Morgan fingerprint density at radius 1 is 1.33 bits per heavy atom. The van der Waals surface area contributed by atoms with Crippen molar-refractivity contribution < 1.29 is 9.26 Å². The fraction of sp³-hybridized carbons (Fsp3) is 0.429. The monoisotopic (exact) mass is 323 g/mol. The summed E-state index contributed by atoms with van der Waals surface area (Å²) in [7, 11) is 1.62. The van der Waals surface area contributed by atoms with Crippen LogP contribution in [0.3, 0.4) is 0 Å². The van der Waals surface area contributed by atoms with Crippen molar-refractivity contribution in [2.24, 2.45) is 0 Å². The molecular weight excluding hydrogens is 306 g/mol. The minimum Gasteiger partial charge on any atom is -0.497 e. The molecule has 1 aliphatic heterocycles. The molecule has 21 heavy (non-hydrogen) atoms. The zero-order valence-corrected chi connectivity index (χ0v) is 13.5. The third kappa shape index (κ3) is 2.98. The quantitative estimate of drug-likeness (QED) is 0.869. The fourth-order valence-corrected chi connectivity index (χ4v) is 4.90. The first-order chi connectivity index (χ1) is 10.2. The maximum absolute atomic E-state index is 6.00. The second-order valence-electron chi connectivity index (χ2n) is 4.78. The predicted molar refractivity (Wildman–Crippen MR) is 87.8 cm³/mol. The van der Waals surface area contributed by atoms with Crippen LogP contribution in [0.1, 0.15) is 18.0 Å². The number of anilines is 1. The van der Waals surface area contributed by atoms with Crippen LogP contribution in [0.4, 0.5) is 5.69 Å². The topological polar surface area (TPSA) is 74.2 Å². The molecule has 2 N–H and O–H groups in total. The Bertz CT molecular complexity index is 632. The molecule has 0 bridgehead atoms. The first-order valence-corrected chi connectivity index (χ1v) is 8.79. The van der Waals surface area contributed by atoms with E-state index in [0.717, 1.165) is 17.3 Å². The summed E-state index contributed by atoms with van der Waals surface area (Å²) in [6, 6.07) is 5.41. The van der Waals surface area contributed by atoms with Gasteiger partial charge in [-0.3, -0.25) is 0 Å². The number of thioether (sulfide) groups is 2. The summed E-state index contributed by atoms with van der Waals surface area (Å²) in [6.07, 6.45) is 0. The van der Waals surface area contributed by atoms with Gasteiger partial charge in [-0.15, -0.1) is 11.8 Å². The maximum Gasteiger partial charge on any atom is 0.260 e.